The molecular formula is C14H14ClN5. The van der Waals surface area contributed by atoms with E-state index in [0.29, 0.717) is 5.02 Å². The second kappa shape index (κ2) is 4.61. The Morgan fingerprint density at radius 3 is 2.90 bits per heavy atom. The van der Waals surface area contributed by atoms with Gasteiger partial charge in [-0.2, -0.15) is 0 Å². The maximum absolute atomic E-state index is 6.09. The molecule has 20 heavy (non-hydrogen) atoms. The summed E-state index contributed by atoms with van der Waals surface area (Å²) in [7, 11) is 0. The molecule has 1 fully saturated rings. The third kappa shape index (κ3) is 1.82. The molecule has 0 radical (unpaired) electrons. The van der Waals surface area contributed by atoms with Crippen LogP contribution in [0.5, 0.6) is 0 Å². The molecule has 1 saturated heterocycles. The fourth-order valence-electron chi connectivity index (χ4n) is 2.70. The van der Waals surface area contributed by atoms with Gasteiger partial charge in [-0.05, 0) is 18.2 Å². The van der Waals surface area contributed by atoms with Crippen LogP contribution in [0.3, 0.4) is 0 Å². The number of benzene rings is 1. The fraction of sp³-hybridized carbons (Fsp3) is 0.286. The lowest BCUT2D eigenvalue weighted by Crippen LogP contribution is -2.44. The molecule has 3 aromatic rings. The zero-order valence-corrected chi connectivity index (χ0v) is 11.6. The van der Waals surface area contributed by atoms with E-state index in [4.69, 9.17) is 16.6 Å². The molecule has 1 aliphatic heterocycles. The number of imidazole rings is 1. The highest BCUT2D eigenvalue weighted by atomic mass is 35.5. The highest BCUT2D eigenvalue weighted by Gasteiger charge is 2.17. The normalized spacial score (nSPS) is 16.1. The summed E-state index contributed by atoms with van der Waals surface area (Å²) in [5, 5.41) is 4.07. The average molecular weight is 288 g/mol. The highest BCUT2D eigenvalue weighted by molar-refractivity contribution is 6.31. The average Bonchev–Trinajstić information content (AvgIpc) is 2.97. The van der Waals surface area contributed by atoms with E-state index in [-0.39, 0.29) is 0 Å². The molecule has 0 saturated carbocycles. The summed E-state index contributed by atoms with van der Waals surface area (Å²) >= 11 is 6.09. The minimum absolute atomic E-state index is 0.712. The maximum atomic E-state index is 6.09. The van der Waals surface area contributed by atoms with Crippen LogP contribution in [0.4, 0.5) is 5.82 Å². The lowest BCUT2D eigenvalue weighted by Gasteiger charge is -2.28. The molecule has 2 aromatic heterocycles. The first kappa shape index (κ1) is 11.9. The van der Waals surface area contributed by atoms with Crippen molar-refractivity contribution in [2.24, 2.45) is 0 Å². The Bertz CT molecular complexity index is 776. The quantitative estimate of drug-likeness (QED) is 0.743. The van der Waals surface area contributed by atoms with Crippen LogP contribution < -0.4 is 10.2 Å². The van der Waals surface area contributed by atoms with Crippen molar-refractivity contribution in [2.75, 3.05) is 31.1 Å². The number of fused-ring (bicyclic) bond motifs is 3. The Balaban J connectivity index is 1.99. The van der Waals surface area contributed by atoms with Gasteiger partial charge in [-0.15, -0.1) is 0 Å². The molecule has 1 aliphatic rings. The van der Waals surface area contributed by atoms with Gasteiger partial charge >= 0.3 is 0 Å². The van der Waals surface area contributed by atoms with E-state index in [1.165, 1.54) is 0 Å². The van der Waals surface area contributed by atoms with Crippen molar-refractivity contribution >= 4 is 34.1 Å². The molecule has 0 bridgehead atoms. The molecule has 6 heteroatoms. The monoisotopic (exact) mass is 287 g/mol. The number of rotatable bonds is 1. The van der Waals surface area contributed by atoms with Crippen molar-refractivity contribution < 1.29 is 0 Å². The Labute approximate surface area is 121 Å². The molecule has 0 amide bonds. The molecule has 5 nitrogen and oxygen atoms in total. The lowest BCUT2D eigenvalue weighted by molar-refractivity contribution is 0.586. The predicted molar refractivity (Wildman–Crippen MR) is 80.6 cm³/mol. The van der Waals surface area contributed by atoms with Crippen LogP contribution in [-0.4, -0.2) is 40.5 Å². The number of nitrogens with one attached hydrogen (secondary N) is 1. The highest BCUT2D eigenvalue weighted by Crippen LogP contribution is 2.25. The number of halogens is 1. The van der Waals surface area contributed by atoms with Crippen molar-refractivity contribution in [2.45, 2.75) is 0 Å². The fourth-order valence-corrected chi connectivity index (χ4v) is 2.87. The van der Waals surface area contributed by atoms with Gasteiger partial charge in [0.2, 0.25) is 0 Å². The van der Waals surface area contributed by atoms with Gasteiger partial charge in [-0.3, -0.25) is 4.40 Å². The molecule has 1 aromatic carbocycles. The van der Waals surface area contributed by atoms with Crippen molar-refractivity contribution in [1.82, 2.24) is 19.7 Å². The summed E-state index contributed by atoms with van der Waals surface area (Å²) < 4.78 is 2.06. The minimum Gasteiger partial charge on any atom is -0.351 e. The van der Waals surface area contributed by atoms with Crippen LogP contribution in [0.2, 0.25) is 5.02 Å². The minimum atomic E-state index is 0.712. The van der Waals surface area contributed by atoms with Crippen LogP contribution in [-0.2, 0) is 0 Å². The summed E-state index contributed by atoms with van der Waals surface area (Å²) in [5.74, 6) is 0.950. The lowest BCUT2D eigenvalue weighted by atomic mass is 10.3. The number of anilines is 1. The Kier molecular flexibility index (Phi) is 2.75. The number of hydrogen-bond donors (Lipinski definition) is 1. The smallest absolute Gasteiger partial charge is 0.180 e. The maximum Gasteiger partial charge on any atom is 0.180 e. The summed E-state index contributed by atoms with van der Waals surface area (Å²) in [4.78, 5) is 11.6. The summed E-state index contributed by atoms with van der Waals surface area (Å²) in [5.41, 5.74) is 2.82. The van der Waals surface area contributed by atoms with Gasteiger partial charge in [0.1, 0.15) is 0 Å². The van der Waals surface area contributed by atoms with E-state index in [1.807, 2.05) is 30.6 Å². The molecule has 4 rings (SSSR count). The van der Waals surface area contributed by atoms with Gasteiger partial charge in [0.25, 0.3) is 0 Å². The van der Waals surface area contributed by atoms with Crippen molar-refractivity contribution in [3.8, 4) is 0 Å². The van der Waals surface area contributed by atoms with Gasteiger partial charge < -0.3 is 10.2 Å². The molecule has 0 spiro atoms. The number of piperazine rings is 1. The number of aromatic nitrogens is 3. The SMILES string of the molecule is Clc1ccc2nc(N3CCNCC3)c3nccn3c2c1. The van der Waals surface area contributed by atoms with Crippen LogP contribution in [0.15, 0.2) is 30.6 Å². The number of nitrogens with zero attached hydrogens (tertiary/aromatic N) is 4. The summed E-state index contributed by atoms with van der Waals surface area (Å²) in [6.07, 6.45) is 3.77. The molecular weight excluding hydrogens is 274 g/mol. The van der Waals surface area contributed by atoms with Crippen LogP contribution in [0.25, 0.3) is 16.7 Å². The first-order valence-corrected chi connectivity index (χ1v) is 7.09. The molecule has 3 heterocycles. The predicted octanol–water partition coefficient (Wildman–Crippen LogP) is 1.95. The summed E-state index contributed by atoms with van der Waals surface area (Å²) in [6, 6.07) is 5.77. The van der Waals surface area contributed by atoms with Gasteiger partial charge in [0.15, 0.2) is 11.5 Å². The van der Waals surface area contributed by atoms with Gasteiger partial charge in [0, 0.05) is 43.6 Å². The van der Waals surface area contributed by atoms with E-state index >= 15 is 0 Å². The largest absolute Gasteiger partial charge is 0.351 e. The summed E-state index contributed by atoms with van der Waals surface area (Å²) in [6.45, 7) is 3.86. The van der Waals surface area contributed by atoms with Crippen LogP contribution >= 0.6 is 11.6 Å². The van der Waals surface area contributed by atoms with Crippen molar-refractivity contribution in [1.29, 1.82) is 0 Å². The van der Waals surface area contributed by atoms with E-state index in [9.17, 15) is 0 Å². The van der Waals surface area contributed by atoms with E-state index in [0.717, 1.165) is 48.7 Å². The first-order chi connectivity index (χ1) is 9.83. The Hall–Kier alpha value is -1.85. The molecule has 0 unspecified atom stereocenters. The third-order valence-electron chi connectivity index (χ3n) is 3.68. The Morgan fingerprint density at radius 1 is 1.20 bits per heavy atom. The third-order valence-corrected chi connectivity index (χ3v) is 3.92. The standard InChI is InChI=1S/C14H14ClN5/c15-10-1-2-11-12(9-10)20-8-5-17-13(20)14(18-11)19-6-3-16-4-7-19/h1-2,5,8-9,16H,3-4,6-7H2. The van der Waals surface area contributed by atoms with Crippen LogP contribution in [0, 0.1) is 0 Å². The van der Waals surface area contributed by atoms with Crippen molar-refractivity contribution in [3.63, 3.8) is 0 Å². The van der Waals surface area contributed by atoms with E-state index in [2.05, 4.69) is 19.6 Å². The van der Waals surface area contributed by atoms with Gasteiger partial charge in [0.05, 0.1) is 11.0 Å². The van der Waals surface area contributed by atoms with Gasteiger partial charge in [-0.25, -0.2) is 9.97 Å². The second-order valence-electron chi connectivity index (χ2n) is 4.93. The zero-order valence-electron chi connectivity index (χ0n) is 10.9. The second-order valence-corrected chi connectivity index (χ2v) is 5.36. The molecule has 1 N–H and O–H groups in total. The van der Waals surface area contributed by atoms with E-state index in [1.54, 1.807) is 0 Å². The van der Waals surface area contributed by atoms with E-state index < -0.39 is 0 Å². The molecule has 0 atom stereocenters. The topological polar surface area (TPSA) is 45.5 Å². The van der Waals surface area contributed by atoms with Crippen molar-refractivity contribution in [3.05, 3.63) is 35.6 Å². The number of hydrogen-bond acceptors (Lipinski definition) is 4. The first-order valence-electron chi connectivity index (χ1n) is 6.71. The van der Waals surface area contributed by atoms with Crippen LogP contribution in [0.1, 0.15) is 0 Å². The zero-order chi connectivity index (χ0) is 13.5. The Morgan fingerprint density at radius 2 is 2.05 bits per heavy atom. The van der Waals surface area contributed by atoms with Gasteiger partial charge in [-0.1, -0.05) is 11.6 Å². The molecule has 0 aliphatic carbocycles. The molecule has 102 valence electrons.